The van der Waals surface area contributed by atoms with Crippen molar-refractivity contribution in [2.24, 2.45) is 10.8 Å². The molecule has 0 spiro atoms. The first-order valence-electron chi connectivity index (χ1n) is 6.88. The number of nitrogens with zero attached hydrogens (tertiary/aromatic N) is 1. The summed E-state index contributed by atoms with van der Waals surface area (Å²) in [6.07, 6.45) is 0. The first kappa shape index (κ1) is 18.5. The van der Waals surface area contributed by atoms with Crippen LogP contribution < -0.4 is 0 Å². The van der Waals surface area contributed by atoms with Crippen LogP contribution in [0.3, 0.4) is 0 Å². The molecule has 0 fully saturated rings. The first-order chi connectivity index (χ1) is 10.5. The van der Waals surface area contributed by atoms with Gasteiger partial charge >= 0.3 is 5.97 Å². The molecule has 1 aromatic carbocycles. The molecular weight excluding hydrogens is 302 g/mol. The highest BCUT2D eigenvalue weighted by Gasteiger charge is 2.48. The Morgan fingerprint density at radius 1 is 1.00 bits per heavy atom. The summed E-state index contributed by atoms with van der Waals surface area (Å²) in [7, 11) is 1.17. The van der Waals surface area contributed by atoms with Gasteiger partial charge in [-0.3, -0.25) is 24.5 Å². The summed E-state index contributed by atoms with van der Waals surface area (Å²) in [5.74, 6) is -1.83. The Balaban J connectivity index is 3.16. The zero-order valence-electron chi connectivity index (χ0n) is 13.7. The molecule has 0 aromatic heterocycles. The van der Waals surface area contributed by atoms with E-state index in [0.717, 1.165) is 0 Å². The van der Waals surface area contributed by atoms with Crippen LogP contribution in [0.25, 0.3) is 0 Å². The molecule has 0 radical (unpaired) electrons. The summed E-state index contributed by atoms with van der Waals surface area (Å²) < 4.78 is 4.61. The number of ketones is 2. The molecule has 0 aliphatic carbocycles. The first-order valence-corrected chi connectivity index (χ1v) is 6.88. The average molecular weight is 321 g/mol. The fourth-order valence-corrected chi connectivity index (χ4v) is 2.33. The number of carbonyl (C=O) groups excluding carboxylic acids is 3. The van der Waals surface area contributed by atoms with Gasteiger partial charge in [0, 0.05) is 17.7 Å². The zero-order chi connectivity index (χ0) is 18.0. The molecule has 23 heavy (non-hydrogen) atoms. The lowest BCUT2D eigenvalue weighted by molar-refractivity contribution is -0.384. The van der Waals surface area contributed by atoms with Gasteiger partial charge in [0.15, 0.2) is 11.6 Å². The van der Waals surface area contributed by atoms with Crippen LogP contribution in [-0.4, -0.2) is 29.6 Å². The van der Waals surface area contributed by atoms with E-state index in [1.165, 1.54) is 59.1 Å². The number of benzene rings is 1. The van der Waals surface area contributed by atoms with E-state index in [1.54, 1.807) is 0 Å². The summed E-state index contributed by atoms with van der Waals surface area (Å²) in [6, 6.07) is 4.97. The second-order valence-electron chi connectivity index (χ2n) is 6.20. The lowest BCUT2D eigenvalue weighted by Crippen LogP contribution is -2.46. The van der Waals surface area contributed by atoms with E-state index in [9.17, 15) is 24.5 Å². The highest BCUT2D eigenvalue weighted by molar-refractivity contribution is 6.19. The molecule has 0 saturated heterocycles. The zero-order valence-corrected chi connectivity index (χ0v) is 13.7. The summed E-state index contributed by atoms with van der Waals surface area (Å²) in [5, 5.41) is 10.6. The lowest BCUT2D eigenvalue weighted by Gasteiger charge is -2.30. The van der Waals surface area contributed by atoms with Crippen molar-refractivity contribution in [3.63, 3.8) is 0 Å². The highest BCUT2D eigenvalue weighted by Crippen LogP contribution is 2.33. The van der Waals surface area contributed by atoms with E-state index in [-0.39, 0.29) is 11.3 Å². The quantitative estimate of drug-likeness (QED) is 0.262. The van der Waals surface area contributed by atoms with Gasteiger partial charge in [-0.05, 0) is 39.8 Å². The van der Waals surface area contributed by atoms with Crippen molar-refractivity contribution in [2.75, 3.05) is 7.11 Å². The fourth-order valence-electron chi connectivity index (χ4n) is 2.33. The molecular formula is C16H19NO6. The SMILES string of the molecule is COC(=O)C(C)(C)C(=O)C(C)(C)C(=O)c1ccc([N+](=O)[O-])cc1. The molecule has 1 rings (SSSR count). The van der Waals surface area contributed by atoms with Crippen LogP contribution >= 0.6 is 0 Å². The number of carbonyl (C=O) groups is 3. The molecule has 0 bridgehead atoms. The van der Waals surface area contributed by atoms with Crippen molar-refractivity contribution in [3.05, 3.63) is 39.9 Å². The van der Waals surface area contributed by atoms with Crippen LogP contribution in [0.5, 0.6) is 0 Å². The van der Waals surface area contributed by atoms with Crippen LogP contribution in [0.2, 0.25) is 0 Å². The predicted octanol–water partition coefficient (Wildman–Crippen LogP) is 2.57. The standard InChI is InChI=1S/C16H19NO6/c1-15(2,13(19)16(3,4)14(20)23-5)12(18)10-6-8-11(9-7-10)17(21)22/h6-9H,1-5H3. The second-order valence-corrected chi connectivity index (χ2v) is 6.20. The number of hydrogen-bond acceptors (Lipinski definition) is 6. The molecule has 1 aromatic rings. The van der Waals surface area contributed by atoms with E-state index < -0.39 is 33.3 Å². The van der Waals surface area contributed by atoms with E-state index in [0.29, 0.717) is 0 Å². The van der Waals surface area contributed by atoms with E-state index in [4.69, 9.17) is 0 Å². The van der Waals surface area contributed by atoms with Gasteiger partial charge in [-0.2, -0.15) is 0 Å². The molecule has 124 valence electrons. The van der Waals surface area contributed by atoms with Gasteiger partial charge in [0.25, 0.3) is 5.69 Å². The number of Topliss-reactive ketones (excluding diaryl/α,β-unsaturated/α-hetero) is 2. The van der Waals surface area contributed by atoms with Crippen LogP contribution in [0.4, 0.5) is 5.69 Å². The molecule has 0 amide bonds. The molecule has 0 aliphatic heterocycles. The van der Waals surface area contributed by atoms with E-state index in [2.05, 4.69) is 4.74 Å². The van der Waals surface area contributed by atoms with Crippen LogP contribution in [0.15, 0.2) is 24.3 Å². The maximum Gasteiger partial charge on any atom is 0.318 e. The Hall–Kier alpha value is -2.57. The second kappa shape index (κ2) is 6.28. The van der Waals surface area contributed by atoms with Gasteiger partial charge in [0.05, 0.1) is 17.4 Å². The van der Waals surface area contributed by atoms with Crippen LogP contribution in [-0.2, 0) is 14.3 Å². The van der Waals surface area contributed by atoms with Gasteiger partial charge in [-0.15, -0.1) is 0 Å². The number of esters is 1. The number of nitro groups is 1. The summed E-state index contributed by atoms with van der Waals surface area (Å²) in [6.45, 7) is 5.63. The van der Waals surface area contributed by atoms with E-state index in [1.807, 2.05) is 0 Å². The molecule has 0 N–H and O–H groups in total. The minimum Gasteiger partial charge on any atom is -0.468 e. The molecule has 0 aliphatic rings. The monoisotopic (exact) mass is 321 g/mol. The number of ether oxygens (including phenoxy) is 1. The fraction of sp³-hybridized carbons (Fsp3) is 0.438. The van der Waals surface area contributed by atoms with Crippen molar-refractivity contribution in [1.29, 1.82) is 0 Å². The van der Waals surface area contributed by atoms with Gasteiger partial charge in [0.2, 0.25) is 0 Å². The maximum atomic E-state index is 12.6. The van der Waals surface area contributed by atoms with Gasteiger partial charge in [0.1, 0.15) is 5.41 Å². The van der Waals surface area contributed by atoms with Crippen molar-refractivity contribution in [2.45, 2.75) is 27.7 Å². The minimum atomic E-state index is -1.48. The number of methoxy groups -OCH3 is 1. The number of rotatable bonds is 6. The van der Waals surface area contributed by atoms with Crippen LogP contribution in [0, 0.1) is 20.9 Å². The Labute approximate surface area is 133 Å². The molecule has 7 heteroatoms. The maximum absolute atomic E-state index is 12.6. The molecule has 0 saturated carbocycles. The van der Waals surface area contributed by atoms with Crippen molar-refractivity contribution < 1.29 is 24.0 Å². The predicted molar refractivity (Wildman–Crippen MR) is 82.0 cm³/mol. The normalized spacial score (nSPS) is 11.7. The van der Waals surface area contributed by atoms with Gasteiger partial charge < -0.3 is 4.74 Å². The average Bonchev–Trinajstić information content (AvgIpc) is 2.52. The number of hydrogen-bond donors (Lipinski definition) is 0. The van der Waals surface area contributed by atoms with Crippen molar-refractivity contribution in [1.82, 2.24) is 0 Å². The Morgan fingerprint density at radius 3 is 1.87 bits per heavy atom. The topological polar surface area (TPSA) is 104 Å². The third-order valence-electron chi connectivity index (χ3n) is 3.74. The summed E-state index contributed by atoms with van der Waals surface area (Å²) in [4.78, 5) is 47.1. The third-order valence-corrected chi connectivity index (χ3v) is 3.74. The molecule has 0 heterocycles. The Bertz CT molecular complexity index is 658. The molecule has 7 nitrogen and oxygen atoms in total. The van der Waals surface area contributed by atoms with Crippen LogP contribution in [0.1, 0.15) is 38.1 Å². The molecule has 0 unspecified atom stereocenters. The summed E-state index contributed by atoms with van der Waals surface area (Å²) in [5.41, 5.74) is -2.95. The van der Waals surface area contributed by atoms with Gasteiger partial charge in [-0.25, -0.2) is 0 Å². The minimum absolute atomic E-state index is 0.152. The number of nitro benzene ring substituents is 1. The van der Waals surface area contributed by atoms with Crippen molar-refractivity contribution in [3.8, 4) is 0 Å². The third kappa shape index (κ3) is 3.44. The van der Waals surface area contributed by atoms with Crippen molar-refractivity contribution >= 4 is 23.2 Å². The lowest BCUT2D eigenvalue weighted by atomic mass is 9.70. The molecule has 0 atom stereocenters. The number of non-ortho nitro benzene ring substituents is 1. The highest BCUT2D eigenvalue weighted by atomic mass is 16.6. The Kier molecular flexibility index (Phi) is 5.04. The van der Waals surface area contributed by atoms with E-state index >= 15 is 0 Å². The van der Waals surface area contributed by atoms with Gasteiger partial charge in [-0.1, -0.05) is 0 Å². The smallest absolute Gasteiger partial charge is 0.318 e. The Morgan fingerprint density at radius 2 is 1.48 bits per heavy atom. The summed E-state index contributed by atoms with van der Waals surface area (Å²) >= 11 is 0. The largest absolute Gasteiger partial charge is 0.468 e.